The summed E-state index contributed by atoms with van der Waals surface area (Å²) in [5, 5.41) is 0. The van der Waals surface area contributed by atoms with E-state index in [-0.39, 0.29) is 12.1 Å². The lowest BCUT2D eigenvalue weighted by Crippen LogP contribution is -2.20. The Bertz CT molecular complexity index is 567. The van der Waals surface area contributed by atoms with Crippen molar-refractivity contribution < 1.29 is 9.18 Å². The van der Waals surface area contributed by atoms with Crippen molar-refractivity contribution in [3.8, 4) is 0 Å². The summed E-state index contributed by atoms with van der Waals surface area (Å²) in [5.74, 6) is 0.00814. The molecule has 1 amide bonds. The van der Waals surface area contributed by atoms with Gasteiger partial charge in [-0.1, -0.05) is 6.07 Å². The lowest BCUT2D eigenvalue weighted by Gasteiger charge is -2.05. The molecule has 0 bridgehead atoms. The molecule has 17 heavy (non-hydrogen) atoms. The van der Waals surface area contributed by atoms with Gasteiger partial charge in [-0.3, -0.25) is 4.79 Å². The van der Waals surface area contributed by atoms with Crippen LogP contribution in [0.4, 0.5) is 4.39 Å². The predicted octanol–water partition coefficient (Wildman–Crippen LogP) is 1.44. The number of carbonyl (C=O) groups is 1. The summed E-state index contributed by atoms with van der Waals surface area (Å²) in [6.07, 6.45) is 0.461. The van der Waals surface area contributed by atoms with E-state index in [9.17, 15) is 9.18 Å². The zero-order chi connectivity index (χ0) is 12.4. The first-order valence-electron chi connectivity index (χ1n) is 5.11. The van der Waals surface area contributed by atoms with E-state index in [0.29, 0.717) is 23.6 Å². The van der Waals surface area contributed by atoms with E-state index >= 15 is 0 Å². The highest BCUT2D eigenvalue weighted by molar-refractivity contribution is 6.17. The van der Waals surface area contributed by atoms with Crippen LogP contribution in [0.2, 0.25) is 0 Å². The maximum absolute atomic E-state index is 13.5. The number of amides is 1. The molecule has 0 unspecified atom stereocenters. The average Bonchev–Trinajstić information content (AvgIpc) is 2.59. The van der Waals surface area contributed by atoms with Gasteiger partial charge in [0.2, 0.25) is 5.91 Å². The summed E-state index contributed by atoms with van der Waals surface area (Å²) >= 11 is 5.65. The number of imidazole rings is 1. The average molecular weight is 256 g/mol. The third-order valence-corrected chi connectivity index (χ3v) is 2.63. The number of hydrogen-bond donors (Lipinski definition) is 1. The molecule has 6 heteroatoms. The van der Waals surface area contributed by atoms with Crippen molar-refractivity contribution in [3.63, 3.8) is 0 Å². The normalized spacial score (nSPS) is 10.9. The number of hydrogen-bond acceptors (Lipinski definition) is 2. The Labute approximate surface area is 102 Å². The first-order valence-corrected chi connectivity index (χ1v) is 5.65. The van der Waals surface area contributed by atoms with Crippen LogP contribution in [0.1, 0.15) is 5.82 Å². The van der Waals surface area contributed by atoms with Crippen molar-refractivity contribution in [2.45, 2.75) is 13.0 Å². The number of aromatic nitrogens is 2. The first kappa shape index (κ1) is 11.9. The smallest absolute Gasteiger partial charge is 0.237 e. The fourth-order valence-electron chi connectivity index (χ4n) is 1.77. The number of fused-ring (bicyclic) bond motifs is 1. The molecule has 0 saturated carbocycles. The van der Waals surface area contributed by atoms with Gasteiger partial charge in [-0.05, 0) is 12.1 Å². The third-order valence-electron chi connectivity index (χ3n) is 2.44. The zero-order valence-electron chi connectivity index (χ0n) is 8.99. The largest absolute Gasteiger partial charge is 0.368 e. The molecule has 4 nitrogen and oxygen atoms in total. The van der Waals surface area contributed by atoms with Crippen molar-refractivity contribution in [1.82, 2.24) is 9.55 Å². The number of carbonyl (C=O) groups excluding carboxylic acids is 1. The highest BCUT2D eigenvalue weighted by Gasteiger charge is 2.14. The molecule has 0 spiro atoms. The van der Waals surface area contributed by atoms with Crippen molar-refractivity contribution in [1.29, 1.82) is 0 Å². The monoisotopic (exact) mass is 255 g/mol. The van der Waals surface area contributed by atoms with Crippen molar-refractivity contribution >= 4 is 28.5 Å². The van der Waals surface area contributed by atoms with Gasteiger partial charge in [0.15, 0.2) is 5.82 Å². The number of nitrogens with zero attached hydrogens (tertiary/aromatic N) is 2. The van der Waals surface area contributed by atoms with E-state index in [2.05, 4.69) is 4.98 Å². The Morgan fingerprint density at radius 3 is 2.94 bits per heavy atom. The summed E-state index contributed by atoms with van der Waals surface area (Å²) in [4.78, 5) is 15.1. The third kappa shape index (κ3) is 2.24. The highest BCUT2D eigenvalue weighted by Crippen LogP contribution is 2.19. The number of aryl methyl sites for hydroxylation is 1. The second-order valence-corrected chi connectivity index (χ2v) is 4.01. The molecule has 0 aliphatic heterocycles. The van der Waals surface area contributed by atoms with Gasteiger partial charge in [0, 0.05) is 12.3 Å². The zero-order valence-corrected chi connectivity index (χ0v) is 9.75. The Morgan fingerprint density at radius 2 is 2.29 bits per heavy atom. The summed E-state index contributed by atoms with van der Waals surface area (Å²) in [6, 6.07) is 4.60. The molecule has 0 atom stereocenters. The number of alkyl halides is 1. The highest BCUT2D eigenvalue weighted by atomic mass is 35.5. The Balaban J connectivity index is 2.62. The lowest BCUT2D eigenvalue weighted by atomic mass is 10.3. The molecule has 2 N–H and O–H groups in total. The Kier molecular flexibility index (Phi) is 3.28. The molecular formula is C11H11ClFN3O. The number of nitrogens with two attached hydrogens (primary N) is 1. The van der Waals surface area contributed by atoms with E-state index in [4.69, 9.17) is 17.3 Å². The van der Waals surface area contributed by atoms with Gasteiger partial charge in [-0.15, -0.1) is 11.6 Å². The lowest BCUT2D eigenvalue weighted by molar-refractivity contribution is -0.118. The van der Waals surface area contributed by atoms with Gasteiger partial charge >= 0.3 is 0 Å². The maximum Gasteiger partial charge on any atom is 0.237 e. The van der Waals surface area contributed by atoms with E-state index in [1.807, 2.05) is 0 Å². The first-order chi connectivity index (χ1) is 8.13. The second kappa shape index (κ2) is 4.71. The van der Waals surface area contributed by atoms with Gasteiger partial charge in [0.1, 0.15) is 17.9 Å². The molecule has 1 aromatic heterocycles. The molecule has 1 heterocycles. The standard InChI is InChI=1S/C11H11ClFN3O/c12-5-4-10-15-11-7(13)2-1-3-8(11)16(10)6-9(14)17/h1-3H,4-6H2,(H2,14,17). The van der Waals surface area contributed by atoms with Crippen LogP contribution in [0.3, 0.4) is 0 Å². The summed E-state index contributed by atoms with van der Waals surface area (Å²) in [7, 11) is 0. The Hall–Kier alpha value is -1.62. The fourth-order valence-corrected chi connectivity index (χ4v) is 1.94. The second-order valence-electron chi connectivity index (χ2n) is 3.63. The summed E-state index contributed by atoms with van der Waals surface area (Å²) < 4.78 is 15.1. The minimum atomic E-state index is -0.496. The minimum Gasteiger partial charge on any atom is -0.368 e. The molecule has 1 aromatic carbocycles. The number of halogens is 2. The van der Waals surface area contributed by atoms with Gasteiger partial charge in [0.25, 0.3) is 0 Å². The van der Waals surface area contributed by atoms with Crippen LogP contribution in [0.5, 0.6) is 0 Å². The molecule has 2 aromatic rings. The van der Waals surface area contributed by atoms with Gasteiger partial charge in [-0.2, -0.15) is 0 Å². The minimum absolute atomic E-state index is 0.0217. The van der Waals surface area contributed by atoms with Gasteiger partial charge in [-0.25, -0.2) is 9.37 Å². The molecule has 0 fully saturated rings. The number of benzene rings is 1. The molecule has 0 aliphatic rings. The summed E-state index contributed by atoms with van der Waals surface area (Å²) in [5.41, 5.74) is 5.97. The van der Waals surface area contributed by atoms with Crippen LogP contribution in [0.25, 0.3) is 11.0 Å². The Morgan fingerprint density at radius 1 is 1.53 bits per heavy atom. The van der Waals surface area contributed by atoms with Crippen LogP contribution >= 0.6 is 11.6 Å². The topological polar surface area (TPSA) is 60.9 Å². The van der Waals surface area contributed by atoms with E-state index < -0.39 is 11.7 Å². The van der Waals surface area contributed by atoms with E-state index in [0.717, 1.165) is 0 Å². The molecule has 0 aliphatic carbocycles. The molecular weight excluding hydrogens is 245 g/mol. The predicted molar refractivity (Wildman–Crippen MR) is 63.3 cm³/mol. The SMILES string of the molecule is NC(=O)Cn1c(CCCl)nc2c(F)cccc21. The van der Waals surface area contributed by atoms with E-state index in [1.54, 1.807) is 16.7 Å². The molecule has 2 rings (SSSR count). The molecule has 0 radical (unpaired) electrons. The van der Waals surface area contributed by atoms with Crippen molar-refractivity contribution in [3.05, 3.63) is 29.8 Å². The quantitative estimate of drug-likeness (QED) is 0.841. The van der Waals surface area contributed by atoms with E-state index in [1.165, 1.54) is 6.07 Å². The van der Waals surface area contributed by atoms with Gasteiger partial charge in [0.05, 0.1) is 5.52 Å². The van der Waals surface area contributed by atoms with Crippen LogP contribution < -0.4 is 5.73 Å². The maximum atomic E-state index is 13.5. The van der Waals surface area contributed by atoms with Crippen LogP contribution in [0, 0.1) is 5.82 Å². The fraction of sp³-hybridized carbons (Fsp3) is 0.273. The number of primary amides is 1. The number of rotatable bonds is 4. The molecule has 90 valence electrons. The van der Waals surface area contributed by atoms with Gasteiger partial charge < -0.3 is 10.3 Å². The van der Waals surface area contributed by atoms with Crippen LogP contribution in [-0.2, 0) is 17.8 Å². The van der Waals surface area contributed by atoms with Crippen LogP contribution in [-0.4, -0.2) is 21.3 Å². The van der Waals surface area contributed by atoms with Crippen molar-refractivity contribution in [2.75, 3.05) is 5.88 Å². The number of para-hydroxylation sites is 1. The van der Waals surface area contributed by atoms with Crippen LogP contribution in [0.15, 0.2) is 18.2 Å². The van der Waals surface area contributed by atoms with Crippen molar-refractivity contribution in [2.24, 2.45) is 5.73 Å². The summed E-state index contributed by atoms with van der Waals surface area (Å²) in [6.45, 7) is -0.0217. The molecule has 0 saturated heterocycles.